The molecule has 2 aromatic heterocycles. The Balaban J connectivity index is 1.58. The molecule has 7 nitrogen and oxygen atoms in total. The quantitative estimate of drug-likeness (QED) is 0.874. The zero-order chi connectivity index (χ0) is 19.0. The van der Waals surface area contributed by atoms with Gasteiger partial charge in [0.15, 0.2) is 0 Å². The summed E-state index contributed by atoms with van der Waals surface area (Å²) in [6, 6.07) is 0.603. The Morgan fingerprint density at radius 2 is 2.07 bits per heavy atom. The Kier molecular flexibility index (Phi) is 5.19. The minimum absolute atomic E-state index is 0.0404. The van der Waals surface area contributed by atoms with Crippen LogP contribution in [0.4, 0.5) is 4.79 Å². The second-order valence-corrected chi connectivity index (χ2v) is 8.69. The maximum atomic E-state index is 12.1. The summed E-state index contributed by atoms with van der Waals surface area (Å²) in [6.45, 7) is 1.32. The fourth-order valence-corrected chi connectivity index (χ4v) is 5.27. The zero-order valence-corrected chi connectivity index (χ0v) is 17.0. The summed E-state index contributed by atoms with van der Waals surface area (Å²) in [4.78, 5) is 27.4. The van der Waals surface area contributed by atoms with Gasteiger partial charge in [-0.3, -0.25) is 0 Å². The molecule has 0 bridgehead atoms. The molecule has 4 rings (SSSR count). The average Bonchev–Trinajstić information content (AvgIpc) is 3.06. The molecule has 1 N–H and O–H groups in total. The Morgan fingerprint density at radius 3 is 2.78 bits per heavy atom. The van der Waals surface area contributed by atoms with Crippen molar-refractivity contribution in [3.05, 3.63) is 16.8 Å². The van der Waals surface area contributed by atoms with Gasteiger partial charge in [-0.1, -0.05) is 0 Å². The summed E-state index contributed by atoms with van der Waals surface area (Å²) >= 11 is 1.71. The number of carbonyl (C=O) groups excluding carboxylic acids is 1. The van der Waals surface area contributed by atoms with Crippen LogP contribution in [0.5, 0.6) is 5.88 Å². The molecule has 1 aliphatic heterocycles. The molecular formula is C19H27N5O2S. The lowest BCUT2D eigenvalue weighted by molar-refractivity contribution is 0.108. The van der Waals surface area contributed by atoms with Gasteiger partial charge < -0.3 is 19.9 Å². The van der Waals surface area contributed by atoms with E-state index in [4.69, 9.17) is 4.74 Å². The van der Waals surface area contributed by atoms with Crippen LogP contribution in [0.2, 0.25) is 0 Å². The highest BCUT2D eigenvalue weighted by molar-refractivity contribution is 7.18. The number of thiophene rings is 1. The predicted molar refractivity (Wildman–Crippen MR) is 106 cm³/mol. The first-order chi connectivity index (χ1) is 13.1. The minimum Gasteiger partial charge on any atom is -0.474 e. The van der Waals surface area contributed by atoms with Crippen LogP contribution in [0.25, 0.3) is 10.2 Å². The molecular weight excluding hydrogens is 362 g/mol. The number of amides is 2. The number of rotatable bonds is 3. The normalized spacial score (nSPS) is 22.7. The number of hydrogen-bond acceptors (Lipinski definition) is 6. The maximum absolute atomic E-state index is 12.1. The van der Waals surface area contributed by atoms with E-state index in [0.717, 1.165) is 54.4 Å². The van der Waals surface area contributed by atoms with Crippen molar-refractivity contribution < 1.29 is 9.53 Å². The molecule has 1 fully saturated rings. The van der Waals surface area contributed by atoms with Crippen molar-refractivity contribution in [3.63, 3.8) is 0 Å². The fraction of sp³-hybridized carbons (Fsp3) is 0.632. The highest BCUT2D eigenvalue weighted by atomic mass is 32.1. The van der Waals surface area contributed by atoms with Crippen molar-refractivity contribution in [2.75, 3.05) is 27.7 Å². The topological polar surface area (TPSA) is 70.6 Å². The van der Waals surface area contributed by atoms with E-state index in [-0.39, 0.29) is 12.1 Å². The van der Waals surface area contributed by atoms with E-state index >= 15 is 0 Å². The van der Waals surface area contributed by atoms with Crippen molar-refractivity contribution in [1.29, 1.82) is 0 Å². The molecule has 2 aromatic rings. The first-order valence-electron chi connectivity index (χ1n) is 9.61. The highest BCUT2D eigenvalue weighted by Crippen LogP contribution is 2.39. The monoisotopic (exact) mass is 389 g/mol. The van der Waals surface area contributed by atoms with E-state index < -0.39 is 0 Å². The van der Waals surface area contributed by atoms with Gasteiger partial charge in [0.05, 0.1) is 5.39 Å². The van der Waals surface area contributed by atoms with E-state index in [1.54, 1.807) is 24.7 Å². The number of carbonyl (C=O) groups is 1. The summed E-state index contributed by atoms with van der Waals surface area (Å²) < 4.78 is 6.36. The largest absolute Gasteiger partial charge is 0.474 e. The van der Waals surface area contributed by atoms with E-state index in [2.05, 4.69) is 34.3 Å². The van der Waals surface area contributed by atoms with Gasteiger partial charge in [0, 0.05) is 36.6 Å². The van der Waals surface area contributed by atoms with Crippen LogP contribution in [0.15, 0.2) is 6.33 Å². The molecule has 1 aliphatic carbocycles. The number of fused-ring (bicyclic) bond motifs is 3. The van der Waals surface area contributed by atoms with Crippen LogP contribution in [-0.2, 0) is 13.0 Å². The summed E-state index contributed by atoms with van der Waals surface area (Å²) in [5.41, 5.74) is 1.16. The molecule has 27 heavy (non-hydrogen) atoms. The lowest BCUT2D eigenvalue weighted by atomic mass is 9.92. The highest BCUT2D eigenvalue weighted by Gasteiger charge is 2.29. The molecule has 1 saturated carbocycles. The Hall–Kier alpha value is -1.93. The van der Waals surface area contributed by atoms with Crippen molar-refractivity contribution in [1.82, 2.24) is 25.1 Å². The molecule has 2 aliphatic rings. The second kappa shape index (κ2) is 7.59. The van der Waals surface area contributed by atoms with Gasteiger partial charge in [0.1, 0.15) is 17.3 Å². The number of aromatic nitrogens is 2. The summed E-state index contributed by atoms with van der Waals surface area (Å²) in [5, 5.41) is 3.72. The number of urea groups is 1. The molecule has 0 saturated heterocycles. The summed E-state index contributed by atoms with van der Waals surface area (Å²) in [7, 11) is 5.97. The molecule has 0 aromatic carbocycles. The maximum Gasteiger partial charge on any atom is 0.317 e. The average molecular weight is 390 g/mol. The van der Waals surface area contributed by atoms with Gasteiger partial charge in [-0.05, 0) is 46.2 Å². The van der Waals surface area contributed by atoms with Crippen LogP contribution in [-0.4, -0.2) is 65.6 Å². The Labute approximate surface area is 163 Å². The van der Waals surface area contributed by atoms with Crippen molar-refractivity contribution in [2.24, 2.45) is 0 Å². The van der Waals surface area contributed by atoms with Crippen LogP contribution in [0.1, 0.15) is 36.1 Å². The van der Waals surface area contributed by atoms with E-state index in [1.165, 1.54) is 4.88 Å². The SMILES string of the molecule is CNC(=O)N1CCc2sc3ncnc(O[C@H]4CC[C@H](N(C)C)CC4)c3c2C1. The molecule has 0 spiro atoms. The van der Waals surface area contributed by atoms with E-state index in [0.29, 0.717) is 18.5 Å². The Morgan fingerprint density at radius 1 is 1.30 bits per heavy atom. The smallest absolute Gasteiger partial charge is 0.317 e. The zero-order valence-electron chi connectivity index (χ0n) is 16.2. The van der Waals surface area contributed by atoms with Crippen LogP contribution in [0, 0.1) is 0 Å². The fourth-order valence-electron chi connectivity index (χ4n) is 4.14. The van der Waals surface area contributed by atoms with Crippen molar-refractivity contribution >= 4 is 27.6 Å². The lowest BCUT2D eigenvalue weighted by Crippen LogP contribution is -2.40. The van der Waals surface area contributed by atoms with Crippen LogP contribution in [0.3, 0.4) is 0 Å². The molecule has 0 radical (unpaired) electrons. The number of nitrogens with one attached hydrogen (secondary N) is 1. The first kappa shape index (κ1) is 18.4. The number of ether oxygens (including phenoxy) is 1. The second-order valence-electron chi connectivity index (χ2n) is 7.60. The van der Waals surface area contributed by atoms with Gasteiger partial charge in [0.2, 0.25) is 5.88 Å². The van der Waals surface area contributed by atoms with Crippen LogP contribution >= 0.6 is 11.3 Å². The number of nitrogens with zero attached hydrogens (tertiary/aromatic N) is 4. The molecule has 146 valence electrons. The summed E-state index contributed by atoms with van der Waals surface area (Å²) in [5.74, 6) is 0.685. The van der Waals surface area contributed by atoms with E-state index in [9.17, 15) is 4.79 Å². The van der Waals surface area contributed by atoms with Crippen LogP contribution < -0.4 is 10.1 Å². The Bertz CT molecular complexity index is 829. The minimum atomic E-state index is -0.0404. The third-order valence-corrected chi connectivity index (χ3v) is 6.95. The molecule has 0 unspecified atom stereocenters. The molecule has 2 amide bonds. The van der Waals surface area contributed by atoms with Crippen molar-refractivity contribution in [3.8, 4) is 5.88 Å². The third kappa shape index (κ3) is 3.60. The van der Waals surface area contributed by atoms with Gasteiger partial charge in [-0.15, -0.1) is 11.3 Å². The van der Waals surface area contributed by atoms with Gasteiger partial charge in [0.25, 0.3) is 0 Å². The van der Waals surface area contributed by atoms with E-state index in [1.807, 2.05) is 4.90 Å². The van der Waals surface area contributed by atoms with Gasteiger partial charge in [-0.25, -0.2) is 14.8 Å². The van der Waals surface area contributed by atoms with Gasteiger partial charge >= 0.3 is 6.03 Å². The first-order valence-corrected chi connectivity index (χ1v) is 10.4. The van der Waals surface area contributed by atoms with Gasteiger partial charge in [-0.2, -0.15) is 0 Å². The molecule has 3 heterocycles. The molecule has 0 atom stereocenters. The number of hydrogen-bond donors (Lipinski definition) is 1. The third-order valence-electron chi connectivity index (χ3n) is 5.75. The van der Waals surface area contributed by atoms with Crippen molar-refractivity contribution in [2.45, 2.75) is 50.8 Å². The molecule has 8 heteroatoms. The summed E-state index contributed by atoms with van der Waals surface area (Å²) in [6.07, 6.45) is 7.05. The standard InChI is InChI=1S/C19H27N5O2S/c1-20-19(25)24-9-8-15-14(10-24)16-17(21-11-22-18(16)27-15)26-13-6-4-12(5-7-13)23(2)3/h11-13H,4-10H2,1-3H3,(H,20,25)/t12-,13-. The lowest BCUT2D eigenvalue weighted by Gasteiger charge is -2.32. The predicted octanol–water partition coefficient (Wildman–Crippen LogP) is 2.64.